The third-order valence-electron chi connectivity index (χ3n) is 2.32. The van der Waals surface area contributed by atoms with Crippen LogP contribution in [0.15, 0.2) is 5.03 Å². The average Bonchev–Trinajstić information content (AvgIpc) is 2.28. The molecule has 1 rings (SSSR count). The molecule has 4 nitrogen and oxygen atoms in total. The highest BCUT2D eigenvalue weighted by molar-refractivity contribution is 7.98. The van der Waals surface area contributed by atoms with Crippen LogP contribution in [0.5, 0.6) is 0 Å². The number of anilines is 1. The molecule has 1 heterocycles. The summed E-state index contributed by atoms with van der Waals surface area (Å²) in [7, 11) is 0. The lowest BCUT2D eigenvalue weighted by Crippen LogP contribution is -2.08. The molecule has 0 saturated heterocycles. The van der Waals surface area contributed by atoms with Crippen LogP contribution in [0.4, 0.5) is 5.82 Å². The third kappa shape index (κ3) is 2.69. The van der Waals surface area contributed by atoms with Gasteiger partial charge in [0.1, 0.15) is 23.0 Å². The van der Waals surface area contributed by atoms with Crippen LogP contribution in [-0.4, -0.2) is 11.2 Å². The van der Waals surface area contributed by atoms with Gasteiger partial charge < -0.3 is 5.73 Å². The molecule has 0 spiro atoms. The first kappa shape index (κ1) is 13.3. The van der Waals surface area contributed by atoms with Gasteiger partial charge in [-0.05, 0) is 24.2 Å². The monoisotopic (exact) mass is 246 g/mol. The first-order chi connectivity index (χ1) is 8.04. The smallest absolute Gasteiger partial charge is 0.143 e. The van der Waals surface area contributed by atoms with E-state index in [1.165, 1.54) is 11.8 Å². The summed E-state index contributed by atoms with van der Waals surface area (Å²) in [6.45, 7) is 4.08. The number of pyridine rings is 1. The van der Waals surface area contributed by atoms with Gasteiger partial charge in [-0.2, -0.15) is 10.5 Å². The van der Waals surface area contributed by atoms with Crippen LogP contribution in [0.3, 0.4) is 0 Å². The Morgan fingerprint density at radius 1 is 1.29 bits per heavy atom. The van der Waals surface area contributed by atoms with Crippen molar-refractivity contribution >= 4 is 17.6 Å². The molecule has 0 radical (unpaired) electrons. The second-order valence-electron chi connectivity index (χ2n) is 4.06. The van der Waals surface area contributed by atoms with Crippen molar-refractivity contribution in [2.75, 3.05) is 12.0 Å². The molecule has 0 saturated carbocycles. The number of nitrogens with two attached hydrogens (primary N) is 1. The van der Waals surface area contributed by atoms with Crippen molar-refractivity contribution in [3.8, 4) is 12.1 Å². The molecule has 0 aliphatic heterocycles. The molecule has 1 aromatic heterocycles. The van der Waals surface area contributed by atoms with E-state index in [-0.39, 0.29) is 5.82 Å². The van der Waals surface area contributed by atoms with E-state index < -0.39 is 0 Å². The van der Waals surface area contributed by atoms with Crippen LogP contribution in [0.1, 0.15) is 30.5 Å². The number of rotatable bonds is 3. The van der Waals surface area contributed by atoms with E-state index in [1.54, 1.807) is 0 Å². The summed E-state index contributed by atoms with van der Waals surface area (Å²) in [5.41, 5.74) is 7.30. The van der Waals surface area contributed by atoms with Crippen molar-refractivity contribution in [2.24, 2.45) is 5.92 Å². The Hall–Kier alpha value is -1.72. The second-order valence-corrected chi connectivity index (χ2v) is 4.85. The summed E-state index contributed by atoms with van der Waals surface area (Å²) < 4.78 is 0. The normalized spacial score (nSPS) is 10.0. The predicted octanol–water partition coefficient (Wildman–Crippen LogP) is 2.33. The summed E-state index contributed by atoms with van der Waals surface area (Å²) in [6.07, 6.45) is 2.50. The van der Waals surface area contributed by atoms with E-state index in [0.29, 0.717) is 28.5 Å². The molecule has 1 aromatic rings. The SMILES string of the molecule is CSc1nc(N)c(C#N)c(CC(C)C)c1C#N. The largest absolute Gasteiger partial charge is 0.383 e. The summed E-state index contributed by atoms with van der Waals surface area (Å²) in [5.74, 6) is 0.567. The maximum absolute atomic E-state index is 9.20. The number of nitrogens with zero attached hydrogens (tertiary/aromatic N) is 3. The zero-order valence-electron chi connectivity index (χ0n) is 10.1. The van der Waals surface area contributed by atoms with Crippen molar-refractivity contribution in [2.45, 2.75) is 25.3 Å². The molecule has 0 amide bonds. The van der Waals surface area contributed by atoms with Gasteiger partial charge in [0, 0.05) is 0 Å². The third-order valence-corrected chi connectivity index (χ3v) is 3.01. The van der Waals surface area contributed by atoms with Crippen LogP contribution in [0, 0.1) is 28.6 Å². The minimum atomic E-state index is 0.214. The summed E-state index contributed by atoms with van der Waals surface area (Å²) in [6, 6.07) is 4.18. The van der Waals surface area contributed by atoms with Gasteiger partial charge in [0.15, 0.2) is 0 Å². The molecule has 0 bridgehead atoms. The Kier molecular flexibility index (Phi) is 4.37. The predicted molar refractivity (Wildman–Crippen MR) is 68.4 cm³/mol. The molecule has 17 heavy (non-hydrogen) atoms. The number of thioether (sulfide) groups is 1. The molecular weight excluding hydrogens is 232 g/mol. The van der Waals surface area contributed by atoms with E-state index in [1.807, 2.05) is 26.2 Å². The molecule has 5 heteroatoms. The van der Waals surface area contributed by atoms with Crippen LogP contribution in [0.25, 0.3) is 0 Å². The lowest BCUT2D eigenvalue weighted by atomic mass is 9.95. The fourth-order valence-corrected chi connectivity index (χ4v) is 2.19. The van der Waals surface area contributed by atoms with Crippen LogP contribution in [0.2, 0.25) is 0 Å². The van der Waals surface area contributed by atoms with Gasteiger partial charge in [0.05, 0.1) is 11.1 Å². The van der Waals surface area contributed by atoms with Gasteiger partial charge in [0.2, 0.25) is 0 Å². The Labute approximate surface area is 105 Å². The molecule has 0 aliphatic carbocycles. The van der Waals surface area contributed by atoms with Gasteiger partial charge in [-0.3, -0.25) is 0 Å². The van der Waals surface area contributed by atoms with Gasteiger partial charge in [-0.15, -0.1) is 11.8 Å². The molecular formula is C12H14N4S. The van der Waals surface area contributed by atoms with Crippen LogP contribution < -0.4 is 5.73 Å². The van der Waals surface area contributed by atoms with E-state index in [0.717, 1.165) is 5.56 Å². The Morgan fingerprint density at radius 3 is 2.29 bits per heavy atom. The Morgan fingerprint density at radius 2 is 1.88 bits per heavy atom. The second kappa shape index (κ2) is 5.56. The minimum Gasteiger partial charge on any atom is -0.383 e. The number of hydrogen-bond donors (Lipinski definition) is 1. The summed E-state index contributed by atoms with van der Waals surface area (Å²) in [4.78, 5) is 4.10. The van der Waals surface area contributed by atoms with E-state index in [2.05, 4.69) is 11.1 Å². The zero-order valence-corrected chi connectivity index (χ0v) is 10.9. The fraction of sp³-hybridized carbons (Fsp3) is 0.417. The maximum Gasteiger partial charge on any atom is 0.143 e. The quantitative estimate of drug-likeness (QED) is 0.827. The molecule has 0 aromatic carbocycles. The van der Waals surface area contributed by atoms with Crippen LogP contribution in [-0.2, 0) is 6.42 Å². The molecule has 88 valence electrons. The first-order valence-corrected chi connectivity index (χ1v) is 6.44. The number of aromatic nitrogens is 1. The summed E-state index contributed by atoms with van der Waals surface area (Å²) in [5, 5.41) is 18.9. The lowest BCUT2D eigenvalue weighted by Gasteiger charge is -2.13. The van der Waals surface area contributed by atoms with Crippen molar-refractivity contribution < 1.29 is 0 Å². The van der Waals surface area contributed by atoms with E-state index >= 15 is 0 Å². The molecule has 0 atom stereocenters. The van der Waals surface area contributed by atoms with E-state index in [9.17, 15) is 5.26 Å². The zero-order chi connectivity index (χ0) is 13.0. The van der Waals surface area contributed by atoms with Crippen molar-refractivity contribution in [3.05, 3.63) is 16.7 Å². The number of hydrogen-bond acceptors (Lipinski definition) is 5. The minimum absolute atomic E-state index is 0.214. The topological polar surface area (TPSA) is 86.5 Å². The number of nitriles is 2. The maximum atomic E-state index is 9.20. The molecule has 0 unspecified atom stereocenters. The summed E-state index contributed by atoms with van der Waals surface area (Å²) >= 11 is 1.37. The Balaban J connectivity index is 3.55. The van der Waals surface area contributed by atoms with Gasteiger partial charge in [-0.25, -0.2) is 4.98 Å². The van der Waals surface area contributed by atoms with Crippen molar-refractivity contribution in [1.29, 1.82) is 10.5 Å². The van der Waals surface area contributed by atoms with E-state index in [4.69, 9.17) is 11.0 Å². The molecule has 0 fully saturated rings. The first-order valence-electron chi connectivity index (χ1n) is 5.21. The highest BCUT2D eigenvalue weighted by atomic mass is 32.2. The standard InChI is InChI=1S/C12H14N4S/c1-7(2)4-8-9(5-13)11(15)16-12(17-3)10(8)6-14/h7H,4H2,1-3H3,(H2,15,16). The van der Waals surface area contributed by atoms with Crippen molar-refractivity contribution in [3.63, 3.8) is 0 Å². The molecule has 0 aliphatic rings. The van der Waals surface area contributed by atoms with Gasteiger partial charge >= 0.3 is 0 Å². The average molecular weight is 246 g/mol. The highest BCUT2D eigenvalue weighted by Gasteiger charge is 2.18. The van der Waals surface area contributed by atoms with Crippen molar-refractivity contribution in [1.82, 2.24) is 4.98 Å². The highest BCUT2D eigenvalue weighted by Crippen LogP contribution is 2.28. The lowest BCUT2D eigenvalue weighted by molar-refractivity contribution is 0.643. The number of nitrogen functional groups attached to an aromatic ring is 1. The van der Waals surface area contributed by atoms with Gasteiger partial charge in [0.25, 0.3) is 0 Å². The fourth-order valence-electron chi connectivity index (χ4n) is 1.63. The Bertz CT molecular complexity index is 509. The van der Waals surface area contributed by atoms with Crippen LogP contribution >= 0.6 is 11.8 Å². The molecule has 2 N–H and O–H groups in total. The van der Waals surface area contributed by atoms with Gasteiger partial charge in [-0.1, -0.05) is 13.8 Å².